The van der Waals surface area contributed by atoms with Crippen LogP contribution in [0.2, 0.25) is 0 Å². The van der Waals surface area contributed by atoms with Gasteiger partial charge >= 0.3 is 0 Å². The van der Waals surface area contributed by atoms with E-state index in [1.165, 1.54) is 19.3 Å². The van der Waals surface area contributed by atoms with Gasteiger partial charge in [-0.05, 0) is 19.3 Å². The number of allylic oxidation sites excluding steroid dienone is 4. The predicted octanol–water partition coefficient (Wildman–Crippen LogP) is 3.95. The number of hydrogen-bond acceptors (Lipinski definition) is 0. The van der Waals surface area contributed by atoms with Crippen molar-refractivity contribution in [3.63, 3.8) is 0 Å². The van der Waals surface area contributed by atoms with Gasteiger partial charge in [-0.2, -0.15) is 0 Å². The van der Waals surface area contributed by atoms with Crippen molar-refractivity contribution in [3.8, 4) is 0 Å². The summed E-state index contributed by atoms with van der Waals surface area (Å²) in [7, 11) is 0. The zero-order chi connectivity index (χ0) is 8.53. The molecular weight excluding hydrogens is 132 g/mol. The highest BCUT2D eigenvalue weighted by Crippen LogP contribution is 2.12. The fourth-order valence-electron chi connectivity index (χ4n) is 1.08. The van der Waals surface area contributed by atoms with E-state index in [4.69, 9.17) is 0 Å². The van der Waals surface area contributed by atoms with Crippen LogP contribution in [0.25, 0.3) is 0 Å². The summed E-state index contributed by atoms with van der Waals surface area (Å²) in [5.41, 5.74) is 0. The first kappa shape index (κ1) is 10.5. The highest BCUT2D eigenvalue weighted by atomic mass is 14.0. The number of rotatable bonds is 5. The van der Waals surface area contributed by atoms with Crippen LogP contribution < -0.4 is 0 Å². The standard InChI is InChI=1S/C11H20/c1-4-7-8-9-10-11(5-2)6-3/h4,7-9,11H,5-6,10H2,1-3H3/b7-4-,9-8-. The van der Waals surface area contributed by atoms with Crippen molar-refractivity contribution in [2.75, 3.05) is 0 Å². The lowest BCUT2D eigenvalue weighted by molar-refractivity contribution is 0.500. The molecular formula is C11H20. The Bertz CT molecular complexity index is 116. The summed E-state index contributed by atoms with van der Waals surface area (Å²) >= 11 is 0. The van der Waals surface area contributed by atoms with Crippen LogP contribution in [0.5, 0.6) is 0 Å². The summed E-state index contributed by atoms with van der Waals surface area (Å²) in [4.78, 5) is 0. The largest absolute Gasteiger partial charge is 0.0877 e. The summed E-state index contributed by atoms with van der Waals surface area (Å²) in [6, 6.07) is 0. The van der Waals surface area contributed by atoms with Crippen molar-refractivity contribution < 1.29 is 0 Å². The summed E-state index contributed by atoms with van der Waals surface area (Å²) in [6.07, 6.45) is 12.4. The lowest BCUT2D eigenvalue weighted by Gasteiger charge is -2.06. The zero-order valence-electron chi connectivity index (χ0n) is 8.01. The van der Waals surface area contributed by atoms with Crippen LogP contribution in [0.1, 0.15) is 40.0 Å². The number of hydrogen-bond donors (Lipinski definition) is 0. The third kappa shape index (κ3) is 5.90. The minimum absolute atomic E-state index is 0.886. The molecule has 0 spiro atoms. The van der Waals surface area contributed by atoms with E-state index < -0.39 is 0 Å². The van der Waals surface area contributed by atoms with Crippen molar-refractivity contribution >= 4 is 0 Å². The average molecular weight is 152 g/mol. The lowest BCUT2D eigenvalue weighted by Crippen LogP contribution is -1.93. The Morgan fingerprint density at radius 3 is 2.18 bits per heavy atom. The van der Waals surface area contributed by atoms with Crippen LogP contribution >= 0.6 is 0 Å². The van der Waals surface area contributed by atoms with Gasteiger partial charge in [0, 0.05) is 0 Å². The van der Waals surface area contributed by atoms with Crippen LogP contribution in [0.4, 0.5) is 0 Å². The van der Waals surface area contributed by atoms with Crippen molar-refractivity contribution in [1.29, 1.82) is 0 Å². The van der Waals surface area contributed by atoms with Gasteiger partial charge < -0.3 is 0 Å². The first-order chi connectivity index (χ1) is 5.35. The fraction of sp³-hybridized carbons (Fsp3) is 0.636. The van der Waals surface area contributed by atoms with Crippen molar-refractivity contribution in [2.24, 2.45) is 5.92 Å². The highest BCUT2D eigenvalue weighted by molar-refractivity contribution is 5.01. The summed E-state index contributed by atoms with van der Waals surface area (Å²) < 4.78 is 0. The van der Waals surface area contributed by atoms with Crippen molar-refractivity contribution in [1.82, 2.24) is 0 Å². The normalized spacial score (nSPS) is 12.4. The Morgan fingerprint density at radius 2 is 1.73 bits per heavy atom. The molecule has 0 aromatic rings. The minimum Gasteiger partial charge on any atom is -0.0877 e. The molecule has 0 aliphatic rings. The molecule has 0 aromatic carbocycles. The van der Waals surface area contributed by atoms with Gasteiger partial charge in [-0.1, -0.05) is 51.0 Å². The fourth-order valence-corrected chi connectivity index (χ4v) is 1.08. The zero-order valence-corrected chi connectivity index (χ0v) is 8.01. The Labute approximate surface area is 71.0 Å². The molecule has 0 nitrogen and oxygen atoms in total. The second-order valence-electron chi connectivity index (χ2n) is 2.87. The van der Waals surface area contributed by atoms with Gasteiger partial charge in [0.05, 0.1) is 0 Å². The lowest BCUT2D eigenvalue weighted by atomic mass is 9.99. The summed E-state index contributed by atoms with van der Waals surface area (Å²) in [5.74, 6) is 0.886. The summed E-state index contributed by atoms with van der Waals surface area (Å²) in [5, 5.41) is 0. The molecule has 0 saturated carbocycles. The smallest absolute Gasteiger partial charge is 0.0319 e. The molecule has 0 saturated heterocycles. The molecule has 0 amide bonds. The van der Waals surface area contributed by atoms with Crippen LogP contribution in [0, 0.1) is 5.92 Å². The van der Waals surface area contributed by atoms with Crippen LogP contribution in [0.15, 0.2) is 24.3 Å². The third-order valence-electron chi connectivity index (χ3n) is 2.06. The molecule has 0 rings (SSSR count). The van der Waals surface area contributed by atoms with E-state index in [1.807, 2.05) is 6.92 Å². The van der Waals surface area contributed by atoms with Crippen LogP contribution in [0.3, 0.4) is 0 Å². The second kappa shape index (κ2) is 7.59. The van der Waals surface area contributed by atoms with E-state index in [1.54, 1.807) is 0 Å². The molecule has 0 heteroatoms. The quantitative estimate of drug-likeness (QED) is 0.523. The van der Waals surface area contributed by atoms with E-state index >= 15 is 0 Å². The van der Waals surface area contributed by atoms with Gasteiger partial charge in [-0.15, -0.1) is 0 Å². The molecule has 0 atom stereocenters. The predicted molar refractivity (Wildman–Crippen MR) is 52.6 cm³/mol. The van der Waals surface area contributed by atoms with Gasteiger partial charge in [-0.3, -0.25) is 0 Å². The molecule has 0 unspecified atom stereocenters. The van der Waals surface area contributed by atoms with E-state index in [9.17, 15) is 0 Å². The average Bonchev–Trinajstić information content (AvgIpc) is 2.05. The highest BCUT2D eigenvalue weighted by Gasteiger charge is 1.98. The van der Waals surface area contributed by atoms with E-state index in [0.29, 0.717) is 0 Å². The van der Waals surface area contributed by atoms with E-state index in [-0.39, 0.29) is 0 Å². The van der Waals surface area contributed by atoms with E-state index in [2.05, 4.69) is 38.2 Å². The monoisotopic (exact) mass is 152 g/mol. The SMILES string of the molecule is C/C=C\C=C/CC(CC)CC. The van der Waals surface area contributed by atoms with Gasteiger partial charge in [0.1, 0.15) is 0 Å². The Balaban J connectivity index is 3.49. The van der Waals surface area contributed by atoms with Gasteiger partial charge in [0.25, 0.3) is 0 Å². The van der Waals surface area contributed by atoms with Gasteiger partial charge in [-0.25, -0.2) is 0 Å². The third-order valence-corrected chi connectivity index (χ3v) is 2.06. The maximum absolute atomic E-state index is 2.26. The molecule has 0 aliphatic heterocycles. The molecule has 11 heavy (non-hydrogen) atoms. The van der Waals surface area contributed by atoms with E-state index in [0.717, 1.165) is 5.92 Å². The first-order valence-corrected chi connectivity index (χ1v) is 4.62. The Kier molecular flexibility index (Phi) is 7.23. The molecule has 0 bridgehead atoms. The Hall–Kier alpha value is -0.520. The Morgan fingerprint density at radius 1 is 1.09 bits per heavy atom. The molecule has 0 fully saturated rings. The maximum atomic E-state index is 2.26. The molecule has 0 aromatic heterocycles. The molecule has 0 aliphatic carbocycles. The molecule has 0 radical (unpaired) electrons. The van der Waals surface area contributed by atoms with Crippen LogP contribution in [-0.4, -0.2) is 0 Å². The van der Waals surface area contributed by atoms with Gasteiger partial charge in [0.15, 0.2) is 0 Å². The van der Waals surface area contributed by atoms with Crippen molar-refractivity contribution in [3.05, 3.63) is 24.3 Å². The van der Waals surface area contributed by atoms with Crippen LogP contribution in [-0.2, 0) is 0 Å². The molecule has 0 heterocycles. The first-order valence-electron chi connectivity index (χ1n) is 4.62. The van der Waals surface area contributed by atoms with Crippen molar-refractivity contribution in [2.45, 2.75) is 40.0 Å². The molecule has 0 N–H and O–H groups in total. The van der Waals surface area contributed by atoms with Gasteiger partial charge in [0.2, 0.25) is 0 Å². The molecule has 64 valence electrons. The topological polar surface area (TPSA) is 0 Å². The summed E-state index contributed by atoms with van der Waals surface area (Å²) in [6.45, 7) is 6.57. The maximum Gasteiger partial charge on any atom is -0.0319 e. The second-order valence-corrected chi connectivity index (χ2v) is 2.87. The minimum atomic E-state index is 0.886.